The van der Waals surface area contributed by atoms with Gasteiger partial charge in [-0.1, -0.05) is 36.4 Å². The SMILES string of the molecule is CCOC(=O)[C@@H](OC(=O)c1ccccc1)[C@@H](OC(=O)c1ccccc1)C(=O)OCC. The maximum absolute atomic E-state index is 12.5. The van der Waals surface area contributed by atoms with E-state index in [9.17, 15) is 19.2 Å². The maximum Gasteiger partial charge on any atom is 0.352 e. The van der Waals surface area contributed by atoms with Crippen LogP contribution in [0.25, 0.3) is 0 Å². The summed E-state index contributed by atoms with van der Waals surface area (Å²) in [5.74, 6) is -3.86. The highest BCUT2D eigenvalue weighted by molar-refractivity contribution is 5.95. The molecule has 0 radical (unpaired) electrons. The van der Waals surface area contributed by atoms with Gasteiger partial charge in [-0.25, -0.2) is 19.2 Å². The zero-order valence-electron chi connectivity index (χ0n) is 16.6. The zero-order chi connectivity index (χ0) is 21.9. The molecule has 0 fully saturated rings. The van der Waals surface area contributed by atoms with Crippen LogP contribution >= 0.6 is 0 Å². The summed E-state index contributed by atoms with van der Waals surface area (Å²) in [5, 5.41) is 0. The van der Waals surface area contributed by atoms with E-state index in [0.29, 0.717) is 0 Å². The normalized spacial score (nSPS) is 12.2. The van der Waals surface area contributed by atoms with Crippen LogP contribution in [0.2, 0.25) is 0 Å². The summed E-state index contributed by atoms with van der Waals surface area (Å²) in [6, 6.07) is 15.7. The van der Waals surface area contributed by atoms with Crippen LogP contribution in [0.15, 0.2) is 60.7 Å². The van der Waals surface area contributed by atoms with Gasteiger partial charge in [0.1, 0.15) is 0 Å². The average molecular weight is 414 g/mol. The summed E-state index contributed by atoms with van der Waals surface area (Å²) in [6.45, 7) is 3.01. The first kappa shape index (κ1) is 22.6. The molecular weight excluding hydrogens is 392 g/mol. The molecule has 0 spiro atoms. The molecule has 2 rings (SSSR count). The third-order valence-electron chi connectivity index (χ3n) is 3.80. The van der Waals surface area contributed by atoms with Crippen LogP contribution in [-0.4, -0.2) is 49.3 Å². The van der Waals surface area contributed by atoms with Crippen LogP contribution in [0.3, 0.4) is 0 Å². The van der Waals surface area contributed by atoms with Crippen molar-refractivity contribution in [3.63, 3.8) is 0 Å². The van der Waals surface area contributed by atoms with Crippen molar-refractivity contribution in [3.05, 3.63) is 71.8 Å². The van der Waals surface area contributed by atoms with Crippen LogP contribution in [0, 0.1) is 0 Å². The molecule has 0 saturated heterocycles. The summed E-state index contributed by atoms with van der Waals surface area (Å²) in [4.78, 5) is 49.9. The Balaban J connectivity index is 2.33. The molecule has 2 aromatic rings. The predicted molar refractivity (Wildman–Crippen MR) is 105 cm³/mol. The van der Waals surface area contributed by atoms with Crippen molar-refractivity contribution in [1.82, 2.24) is 0 Å². The summed E-state index contributed by atoms with van der Waals surface area (Å²) in [6.07, 6.45) is -3.69. The summed E-state index contributed by atoms with van der Waals surface area (Å²) < 4.78 is 20.3. The molecule has 158 valence electrons. The van der Waals surface area contributed by atoms with E-state index in [2.05, 4.69) is 0 Å². The van der Waals surface area contributed by atoms with Crippen molar-refractivity contribution in [2.24, 2.45) is 0 Å². The Morgan fingerprint density at radius 1 is 0.633 bits per heavy atom. The monoisotopic (exact) mass is 414 g/mol. The molecule has 8 heteroatoms. The molecule has 8 nitrogen and oxygen atoms in total. The quantitative estimate of drug-likeness (QED) is 0.455. The van der Waals surface area contributed by atoms with Crippen molar-refractivity contribution in [1.29, 1.82) is 0 Å². The standard InChI is InChI=1S/C22H22O8/c1-3-27-21(25)17(29-19(23)15-11-7-5-8-12-15)18(22(26)28-4-2)30-20(24)16-13-9-6-10-14-16/h5-14,17-18H,3-4H2,1-2H3/t17-,18+. The molecule has 0 aliphatic rings. The van der Waals surface area contributed by atoms with E-state index < -0.39 is 36.1 Å². The molecule has 0 N–H and O–H groups in total. The van der Waals surface area contributed by atoms with Crippen LogP contribution in [0.5, 0.6) is 0 Å². The number of carbonyl (C=O) groups is 4. The molecule has 0 heterocycles. The summed E-state index contributed by atoms with van der Waals surface area (Å²) in [7, 11) is 0. The minimum atomic E-state index is -1.84. The third kappa shape index (κ3) is 6.16. The highest BCUT2D eigenvalue weighted by Gasteiger charge is 2.42. The second-order valence-electron chi connectivity index (χ2n) is 5.89. The van der Waals surface area contributed by atoms with Crippen LogP contribution in [0.4, 0.5) is 0 Å². The van der Waals surface area contributed by atoms with Gasteiger partial charge in [-0.15, -0.1) is 0 Å². The van der Waals surface area contributed by atoms with E-state index in [1.54, 1.807) is 50.2 Å². The summed E-state index contributed by atoms with van der Waals surface area (Å²) in [5.41, 5.74) is 0.285. The Labute approximate surface area is 173 Å². The second-order valence-corrected chi connectivity index (χ2v) is 5.89. The van der Waals surface area contributed by atoms with E-state index in [1.807, 2.05) is 0 Å². The second kappa shape index (κ2) is 11.4. The molecule has 0 saturated carbocycles. The molecule has 0 unspecified atom stereocenters. The lowest BCUT2D eigenvalue weighted by Gasteiger charge is -2.24. The smallest absolute Gasteiger partial charge is 0.352 e. The molecule has 2 atom stereocenters. The van der Waals surface area contributed by atoms with Gasteiger partial charge in [0.25, 0.3) is 0 Å². The zero-order valence-corrected chi connectivity index (χ0v) is 16.6. The van der Waals surface area contributed by atoms with Crippen molar-refractivity contribution in [2.45, 2.75) is 26.1 Å². The number of esters is 4. The Hall–Kier alpha value is -3.68. The number of hydrogen-bond donors (Lipinski definition) is 0. The van der Waals surface area contributed by atoms with E-state index >= 15 is 0 Å². The maximum atomic E-state index is 12.5. The average Bonchev–Trinajstić information content (AvgIpc) is 2.77. The largest absolute Gasteiger partial charge is 0.463 e. The topological polar surface area (TPSA) is 105 Å². The van der Waals surface area contributed by atoms with Gasteiger partial charge < -0.3 is 18.9 Å². The highest BCUT2D eigenvalue weighted by atomic mass is 16.6. The molecular formula is C22H22O8. The van der Waals surface area contributed by atoms with Crippen LogP contribution in [-0.2, 0) is 28.5 Å². The third-order valence-corrected chi connectivity index (χ3v) is 3.80. The van der Waals surface area contributed by atoms with Gasteiger partial charge >= 0.3 is 23.9 Å². The predicted octanol–water partition coefficient (Wildman–Crippen LogP) is 2.56. The lowest BCUT2D eigenvalue weighted by molar-refractivity contribution is -0.173. The van der Waals surface area contributed by atoms with Crippen molar-refractivity contribution in [3.8, 4) is 0 Å². The van der Waals surface area contributed by atoms with Crippen LogP contribution < -0.4 is 0 Å². The number of hydrogen-bond acceptors (Lipinski definition) is 8. The van der Waals surface area contributed by atoms with Gasteiger partial charge in [0.15, 0.2) is 0 Å². The first-order valence-electron chi connectivity index (χ1n) is 9.33. The lowest BCUT2D eigenvalue weighted by atomic mass is 10.1. The fraction of sp³-hybridized carbons (Fsp3) is 0.273. The van der Waals surface area contributed by atoms with Crippen molar-refractivity contribution in [2.75, 3.05) is 13.2 Å². The molecule has 0 aliphatic carbocycles. The Kier molecular flexibility index (Phi) is 8.56. The molecule has 0 aromatic heterocycles. The first-order chi connectivity index (χ1) is 14.5. The van der Waals surface area contributed by atoms with Gasteiger partial charge in [-0.3, -0.25) is 0 Å². The van der Waals surface area contributed by atoms with E-state index in [4.69, 9.17) is 18.9 Å². The Bertz CT molecular complexity index is 790. The highest BCUT2D eigenvalue weighted by Crippen LogP contribution is 2.15. The van der Waals surface area contributed by atoms with Crippen molar-refractivity contribution >= 4 is 23.9 Å². The molecule has 30 heavy (non-hydrogen) atoms. The number of ether oxygens (including phenoxy) is 4. The number of carbonyl (C=O) groups excluding carboxylic acids is 4. The minimum absolute atomic E-state index is 0.0413. The molecule has 0 bridgehead atoms. The fourth-order valence-corrected chi connectivity index (χ4v) is 2.43. The molecule has 0 aliphatic heterocycles. The first-order valence-corrected chi connectivity index (χ1v) is 9.33. The van der Waals surface area contributed by atoms with Gasteiger partial charge in [0, 0.05) is 0 Å². The van der Waals surface area contributed by atoms with Gasteiger partial charge in [0.2, 0.25) is 12.2 Å². The van der Waals surface area contributed by atoms with Crippen LogP contribution in [0.1, 0.15) is 34.6 Å². The van der Waals surface area contributed by atoms with Gasteiger partial charge in [0.05, 0.1) is 24.3 Å². The lowest BCUT2D eigenvalue weighted by Crippen LogP contribution is -2.47. The number of rotatable bonds is 9. The minimum Gasteiger partial charge on any atom is -0.463 e. The molecule has 0 amide bonds. The molecule has 2 aromatic carbocycles. The van der Waals surface area contributed by atoms with E-state index in [-0.39, 0.29) is 24.3 Å². The Morgan fingerprint density at radius 3 is 1.27 bits per heavy atom. The number of benzene rings is 2. The fourth-order valence-electron chi connectivity index (χ4n) is 2.43. The van der Waals surface area contributed by atoms with E-state index in [0.717, 1.165) is 0 Å². The summed E-state index contributed by atoms with van der Waals surface area (Å²) >= 11 is 0. The van der Waals surface area contributed by atoms with Gasteiger partial charge in [-0.05, 0) is 38.1 Å². The Morgan fingerprint density at radius 2 is 0.967 bits per heavy atom. The van der Waals surface area contributed by atoms with Crippen molar-refractivity contribution < 1.29 is 38.1 Å². The van der Waals surface area contributed by atoms with Gasteiger partial charge in [-0.2, -0.15) is 0 Å². The van der Waals surface area contributed by atoms with E-state index in [1.165, 1.54) is 24.3 Å².